The molecule has 0 atom stereocenters. The molecule has 1 amide bonds. The first kappa shape index (κ1) is 25.7. The molecule has 1 aromatic rings. The van der Waals surface area contributed by atoms with Gasteiger partial charge in [-0.2, -0.15) is 0 Å². The van der Waals surface area contributed by atoms with E-state index in [-0.39, 0.29) is 63.0 Å². The summed E-state index contributed by atoms with van der Waals surface area (Å²) in [7, 11) is 0. The Morgan fingerprint density at radius 3 is 2.22 bits per heavy atom. The molecule has 1 saturated heterocycles. The molecule has 0 saturated carbocycles. The zero-order valence-electron chi connectivity index (χ0n) is 16.5. The maximum atomic E-state index is 13.3. The number of nitrogens with zero attached hydrogens (tertiary/aromatic N) is 2. The number of hydrogen-bond acceptors (Lipinski definition) is 3. The minimum atomic E-state index is -5.03. The monoisotopic (exact) mass is 522 g/mol. The Kier molecular flexibility index (Phi) is 9.64. The maximum absolute atomic E-state index is 13.3. The second-order valence-corrected chi connectivity index (χ2v) is 8.77. The molecular weight excluding hydrogens is 498 g/mol. The summed E-state index contributed by atoms with van der Waals surface area (Å²) < 4.78 is 45.7. The topological polar surface area (TPSA) is 32.8 Å². The first-order valence-corrected chi connectivity index (χ1v) is 9.64. The van der Waals surface area contributed by atoms with Crippen LogP contribution < -0.4 is 56.8 Å². The van der Waals surface area contributed by atoms with Gasteiger partial charge in [-0.25, -0.2) is 4.79 Å². The Labute approximate surface area is 215 Å². The van der Waals surface area contributed by atoms with E-state index in [1.54, 1.807) is 11.0 Å². The van der Waals surface area contributed by atoms with Gasteiger partial charge in [0.1, 0.15) is 5.60 Å². The Balaban J connectivity index is 0.00000364. The molecule has 27 heavy (non-hydrogen) atoms. The van der Waals surface area contributed by atoms with Crippen molar-refractivity contribution in [1.29, 1.82) is 0 Å². The van der Waals surface area contributed by atoms with Crippen molar-refractivity contribution in [2.45, 2.75) is 39.8 Å². The van der Waals surface area contributed by atoms with Gasteiger partial charge in [0.05, 0.1) is 0 Å². The Morgan fingerprint density at radius 2 is 1.74 bits per heavy atom. The number of carbonyl (C=O) groups excluding carboxylic acids is 1. The quantitative estimate of drug-likeness (QED) is 0.434. The summed E-state index contributed by atoms with van der Waals surface area (Å²) in [6.45, 7) is 4.62. The number of ether oxygens (including phenoxy) is 1. The normalized spacial score (nSPS) is 16.1. The molecule has 10 heteroatoms. The first-order valence-electron chi connectivity index (χ1n) is 8.56. The van der Waals surface area contributed by atoms with Crippen LogP contribution in [0.1, 0.15) is 31.9 Å². The number of hydrogen-bond donors (Lipinski definition) is 0. The predicted molar refractivity (Wildman–Crippen MR) is 106 cm³/mol. The third-order valence-electron chi connectivity index (χ3n) is 4.23. The van der Waals surface area contributed by atoms with E-state index in [1.165, 1.54) is 13.0 Å². The molecule has 0 aromatic heterocycles. The molecule has 4 nitrogen and oxygen atoms in total. The van der Waals surface area contributed by atoms with Crippen LogP contribution >= 0.6 is 22.6 Å². The van der Waals surface area contributed by atoms with Gasteiger partial charge in [-0.3, -0.25) is 4.90 Å². The molecular formula is C17H24BF3IKN2O2. The van der Waals surface area contributed by atoms with Crippen molar-refractivity contribution in [3.05, 3.63) is 26.8 Å². The summed E-state index contributed by atoms with van der Waals surface area (Å²) in [6.07, 6.45) is -0.343. The van der Waals surface area contributed by atoms with E-state index in [2.05, 4.69) is 4.90 Å². The molecule has 1 heterocycles. The fourth-order valence-electron chi connectivity index (χ4n) is 2.86. The molecule has 0 spiro atoms. The zero-order chi connectivity index (χ0) is 19.7. The van der Waals surface area contributed by atoms with Gasteiger partial charge in [0.2, 0.25) is 0 Å². The molecule has 2 rings (SSSR count). The maximum Gasteiger partial charge on any atom is 1.00 e. The van der Waals surface area contributed by atoms with Crippen LogP contribution in [-0.4, -0.2) is 54.7 Å². The molecule has 1 fully saturated rings. The van der Waals surface area contributed by atoms with Crippen LogP contribution in [0.15, 0.2) is 12.1 Å². The van der Waals surface area contributed by atoms with E-state index in [0.717, 1.165) is 0 Å². The van der Waals surface area contributed by atoms with E-state index >= 15 is 0 Å². The van der Waals surface area contributed by atoms with Gasteiger partial charge in [0.25, 0.3) is 0 Å². The largest absolute Gasteiger partial charge is 1.00 e. The van der Waals surface area contributed by atoms with Crippen LogP contribution in [-0.2, 0) is 11.3 Å². The van der Waals surface area contributed by atoms with Crippen molar-refractivity contribution in [2.24, 2.45) is 0 Å². The fraction of sp³-hybridized carbons (Fsp3) is 0.588. The third kappa shape index (κ3) is 7.78. The molecule has 0 radical (unpaired) electrons. The summed E-state index contributed by atoms with van der Waals surface area (Å²) in [5.41, 5.74) is -0.112. The summed E-state index contributed by atoms with van der Waals surface area (Å²) in [4.78, 5) is 15.8. The van der Waals surface area contributed by atoms with Crippen molar-refractivity contribution in [3.8, 4) is 0 Å². The number of carbonyl (C=O) groups is 1. The van der Waals surface area contributed by atoms with E-state index in [9.17, 15) is 17.7 Å². The van der Waals surface area contributed by atoms with Gasteiger partial charge >= 0.3 is 64.5 Å². The molecule has 0 aliphatic carbocycles. The van der Waals surface area contributed by atoms with Crippen molar-refractivity contribution in [3.63, 3.8) is 0 Å². The number of rotatable bonds is 3. The van der Waals surface area contributed by atoms with Gasteiger partial charge in [-0.1, -0.05) is 11.6 Å². The summed E-state index contributed by atoms with van der Waals surface area (Å²) in [5, 5.41) is 0. The van der Waals surface area contributed by atoms with Gasteiger partial charge in [-0.15, -0.1) is 5.46 Å². The smallest absolute Gasteiger partial charge is 0.445 e. The van der Waals surface area contributed by atoms with Crippen LogP contribution in [0.3, 0.4) is 0 Å². The molecule has 0 unspecified atom stereocenters. The van der Waals surface area contributed by atoms with E-state index < -0.39 is 18.0 Å². The number of halogens is 4. The molecule has 0 bridgehead atoms. The van der Waals surface area contributed by atoms with E-state index in [0.29, 0.717) is 41.9 Å². The summed E-state index contributed by atoms with van der Waals surface area (Å²) >= 11 is 1.96. The van der Waals surface area contributed by atoms with Crippen LogP contribution in [0.5, 0.6) is 0 Å². The van der Waals surface area contributed by atoms with Crippen LogP contribution in [0.25, 0.3) is 0 Å². The minimum Gasteiger partial charge on any atom is -0.445 e. The average molecular weight is 522 g/mol. The van der Waals surface area contributed by atoms with Crippen LogP contribution in [0.4, 0.5) is 17.7 Å². The molecule has 1 aromatic carbocycles. The van der Waals surface area contributed by atoms with Crippen molar-refractivity contribution < 1.29 is 73.9 Å². The molecule has 0 N–H and O–H groups in total. The summed E-state index contributed by atoms with van der Waals surface area (Å²) in [6, 6.07) is 3.07. The van der Waals surface area contributed by atoms with Crippen molar-refractivity contribution in [2.75, 3.05) is 26.2 Å². The Morgan fingerprint density at radius 1 is 1.19 bits per heavy atom. The zero-order valence-corrected chi connectivity index (χ0v) is 21.8. The molecule has 146 valence electrons. The van der Waals surface area contributed by atoms with E-state index in [4.69, 9.17) is 4.74 Å². The SMILES string of the molecule is Cc1c(I)cc(CN2CCN(C(=O)OC(C)(C)C)CC2)cc1[B-](F)(F)F.[K+]. The Bertz CT molecular complexity index is 675. The van der Waals surface area contributed by atoms with Crippen LogP contribution in [0, 0.1) is 10.5 Å². The van der Waals surface area contributed by atoms with Crippen molar-refractivity contribution in [1.82, 2.24) is 9.80 Å². The van der Waals surface area contributed by atoms with Gasteiger partial charge in [0, 0.05) is 36.3 Å². The van der Waals surface area contributed by atoms with Crippen LogP contribution in [0.2, 0.25) is 0 Å². The fourth-order valence-corrected chi connectivity index (χ4v) is 3.57. The first-order chi connectivity index (χ1) is 11.9. The van der Waals surface area contributed by atoms with E-state index in [1.807, 2.05) is 43.4 Å². The number of benzene rings is 1. The second-order valence-electron chi connectivity index (χ2n) is 7.61. The van der Waals surface area contributed by atoms with Gasteiger partial charge in [0.15, 0.2) is 0 Å². The van der Waals surface area contributed by atoms with Gasteiger partial charge < -0.3 is 22.6 Å². The number of amides is 1. The molecule has 1 aliphatic rings. The Hall–Kier alpha value is 0.671. The average Bonchev–Trinajstić information content (AvgIpc) is 2.48. The third-order valence-corrected chi connectivity index (χ3v) is 5.35. The number of piperazine rings is 1. The summed E-state index contributed by atoms with van der Waals surface area (Å²) in [5.74, 6) is 0. The standard InChI is InChI=1S/C17H24BF3IN2O2.K/c1-12-14(18(19,20)21)9-13(10-15(12)22)11-23-5-7-24(8-6-23)16(25)26-17(2,3)4;/h9-10H,5-8,11H2,1-4H3;/q-1;+1. The van der Waals surface area contributed by atoms with Gasteiger partial charge in [-0.05, 0) is 61.9 Å². The molecule has 1 aliphatic heterocycles. The predicted octanol–water partition coefficient (Wildman–Crippen LogP) is 0.711. The van der Waals surface area contributed by atoms with Crippen molar-refractivity contribution >= 4 is 41.1 Å². The minimum absolute atomic E-state index is 0. The second kappa shape index (κ2) is 10.1.